The molecule has 0 saturated carbocycles. The molecule has 2 aromatic rings. The van der Waals surface area contributed by atoms with Crippen molar-refractivity contribution in [3.05, 3.63) is 57.0 Å². The molecule has 0 aromatic heterocycles. The van der Waals surface area contributed by atoms with Gasteiger partial charge in [-0.3, -0.25) is 4.79 Å². The number of methoxy groups -OCH3 is 1. The Bertz CT molecular complexity index is 642. The Hall–Kier alpha value is -1.42. The molecular formula is C14H10Cl3NO2. The predicted octanol–water partition coefficient (Wildman–Crippen LogP) is 4.91. The number of hydrogen-bond acceptors (Lipinski definition) is 2. The summed E-state index contributed by atoms with van der Waals surface area (Å²) in [5.74, 6) is 0.135. The molecule has 0 spiro atoms. The van der Waals surface area contributed by atoms with Gasteiger partial charge in [-0.15, -0.1) is 0 Å². The zero-order valence-corrected chi connectivity index (χ0v) is 12.7. The van der Waals surface area contributed by atoms with Crippen molar-refractivity contribution in [3.63, 3.8) is 0 Å². The lowest BCUT2D eigenvalue weighted by Gasteiger charge is -2.10. The Morgan fingerprint density at radius 2 is 1.70 bits per heavy atom. The average Bonchev–Trinajstić information content (AvgIpc) is 2.42. The lowest BCUT2D eigenvalue weighted by atomic mass is 10.2. The summed E-state index contributed by atoms with van der Waals surface area (Å²) in [7, 11) is 1.49. The molecule has 2 aromatic carbocycles. The zero-order valence-electron chi connectivity index (χ0n) is 10.4. The molecule has 0 unspecified atom stereocenters. The van der Waals surface area contributed by atoms with E-state index < -0.39 is 0 Å². The van der Waals surface area contributed by atoms with Gasteiger partial charge in [-0.2, -0.15) is 0 Å². The van der Waals surface area contributed by atoms with Crippen LogP contribution in [0, 0.1) is 0 Å². The van der Waals surface area contributed by atoms with E-state index in [0.717, 1.165) is 0 Å². The van der Waals surface area contributed by atoms with Crippen LogP contribution in [0.15, 0.2) is 36.4 Å². The summed E-state index contributed by atoms with van der Waals surface area (Å²) in [6.07, 6.45) is 0. The van der Waals surface area contributed by atoms with Gasteiger partial charge < -0.3 is 10.1 Å². The van der Waals surface area contributed by atoms with Crippen LogP contribution in [0.1, 0.15) is 10.4 Å². The molecule has 0 aliphatic heterocycles. The number of carbonyl (C=O) groups is 1. The second kappa shape index (κ2) is 6.35. The van der Waals surface area contributed by atoms with Crippen LogP contribution in [0.25, 0.3) is 0 Å². The predicted molar refractivity (Wildman–Crippen MR) is 82.4 cm³/mol. The largest absolute Gasteiger partial charge is 0.495 e. The van der Waals surface area contributed by atoms with Crippen molar-refractivity contribution in [2.75, 3.05) is 12.4 Å². The van der Waals surface area contributed by atoms with Crippen LogP contribution in [0.4, 0.5) is 5.69 Å². The van der Waals surface area contributed by atoms with Gasteiger partial charge in [0.2, 0.25) is 0 Å². The molecule has 0 saturated heterocycles. The third-order valence-corrected chi connectivity index (χ3v) is 3.46. The van der Waals surface area contributed by atoms with Crippen molar-refractivity contribution in [1.29, 1.82) is 0 Å². The summed E-state index contributed by atoms with van der Waals surface area (Å²) >= 11 is 17.7. The fourth-order valence-electron chi connectivity index (χ4n) is 1.58. The number of ether oxygens (including phenoxy) is 1. The number of benzene rings is 2. The van der Waals surface area contributed by atoms with E-state index in [1.54, 1.807) is 30.3 Å². The number of carbonyl (C=O) groups excluding carboxylic acids is 1. The topological polar surface area (TPSA) is 38.3 Å². The number of hydrogen-bond donors (Lipinski definition) is 1. The fourth-order valence-corrected chi connectivity index (χ4v) is 2.21. The Balaban J connectivity index is 2.25. The van der Waals surface area contributed by atoms with Crippen LogP contribution in [0.2, 0.25) is 15.1 Å². The Morgan fingerprint density at radius 1 is 1.05 bits per heavy atom. The van der Waals surface area contributed by atoms with Crippen molar-refractivity contribution < 1.29 is 9.53 Å². The molecule has 0 heterocycles. The Labute approximate surface area is 131 Å². The van der Waals surface area contributed by atoms with E-state index in [1.807, 2.05) is 0 Å². The van der Waals surface area contributed by atoms with Crippen molar-refractivity contribution in [1.82, 2.24) is 0 Å². The molecule has 0 aliphatic rings. The minimum atomic E-state index is -0.298. The normalized spacial score (nSPS) is 10.2. The molecule has 0 fully saturated rings. The fraction of sp³-hybridized carbons (Fsp3) is 0.0714. The molecule has 6 heteroatoms. The highest BCUT2D eigenvalue weighted by Gasteiger charge is 2.12. The van der Waals surface area contributed by atoms with Gasteiger partial charge in [-0.1, -0.05) is 34.8 Å². The molecule has 104 valence electrons. The van der Waals surface area contributed by atoms with Crippen LogP contribution in [0.5, 0.6) is 5.75 Å². The highest BCUT2D eigenvalue weighted by molar-refractivity contribution is 6.37. The lowest BCUT2D eigenvalue weighted by molar-refractivity contribution is 0.102. The zero-order chi connectivity index (χ0) is 14.7. The summed E-state index contributed by atoms with van der Waals surface area (Å²) in [6, 6.07) is 9.61. The van der Waals surface area contributed by atoms with Gasteiger partial charge in [-0.25, -0.2) is 0 Å². The molecule has 2 rings (SSSR count). The third kappa shape index (κ3) is 3.37. The molecule has 0 bridgehead atoms. The van der Waals surface area contributed by atoms with Crippen molar-refractivity contribution in [2.24, 2.45) is 0 Å². The van der Waals surface area contributed by atoms with Crippen molar-refractivity contribution in [2.45, 2.75) is 0 Å². The summed E-state index contributed by atoms with van der Waals surface area (Å²) in [5.41, 5.74) is 0.896. The maximum atomic E-state index is 12.1. The van der Waals surface area contributed by atoms with E-state index in [4.69, 9.17) is 39.5 Å². The molecule has 20 heavy (non-hydrogen) atoms. The average molecular weight is 331 g/mol. The van der Waals surface area contributed by atoms with Crippen LogP contribution in [-0.4, -0.2) is 13.0 Å². The first-order chi connectivity index (χ1) is 9.51. The summed E-state index contributed by atoms with van der Waals surface area (Å²) < 4.78 is 5.08. The second-order valence-electron chi connectivity index (χ2n) is 3.93. The summed E-state index contributed by atoms with van der Waals surface area (Å²) in [6.45, 7) is 0. The smallest absolute Gasteiger partial charge is 0.255 e. The van der Waals surface area contributed by atoms with E-state index in [9.17, 15) is 4.79 Å². The Morgan fingerprint density at radius 3 is 2.30 bits per heavy atom. The highest BCUT2D eigenvalue weighted by atomic mass is 35.5. The van der Waals surface area contributed by atoms with E-state index in [2.05, 4.69) is 5.32 Å². The van der Waals surface area contributed by atoms with Crippen molar-refractivity contribution >= 4 is 46.4 Å². The first-order valence-electron chi connectivity index (χ1n) is 5.61. The number of halogens is 3. The summed E-state index contributed by atoms with van der Waals surface area (Å²) in [4.78, 5) is 12.1. The van der Waals surface area contributed by atoms with E-state index in [0.29, 0.717) is 32.1 Å². The molecule has 0 atom stereocenters. The van der Waals surface area contributed by atoms with Gasteiger partial charge in [-0.05, 0) is 30.3 Å². The number of nitrogens with one attached hydrogen (secondary N) is 1. The van der Waals surface area contributed by atoms with Gasteiger partial charge in [0.15, 0.2) is 0 Å². The first kappa shape index (κ1) is 15.0. The number of rotatable bonds is 3. The third-order valence-electron chi connectivity index (χ3n) is 2.60. The summed E-state index contributed by atoms with van der Waals surface area (Å²) in [5, 5.41) is 3.97. The van der Waals surface area contributed by atoms with Crippen molar-refractivity contribution in [3.8, 4) is 5.75 Å². The van der Waals surface area contributed by atoms with Crippen LogP contribution in [0.3, 0.4) is 0 Å². The Kier molecular flexibility index (Phi) is 4.76. The van der Waals surface area contributed by atoms with Crippen LogP contribution >= 0.6 is 34.8 Å². The maximum Gasteiger partial charge on any atom is 0.255 e. The molecule has 1 amide bonds. The minimum Gasteiger partial charge on any atom is -0.495 e. The number of anilines is 1. The van der Waals surface area contributed by atoms with E-state index in [1.165, 1.54) is 13.2 Å². The molecule has 0 radical (unpaired) electrons. The molecule has 0 aliphatic carbocycles. The van der Waals surface area contributed by atoms with Gasteiger partial charge >= 0.3 is 0 Å². The molecule has 1 N–H and O–H groups in total. The quantitative estimate of drug-likeness (QED) is 0.868. The van der Waals surface area contributed by atoms with Gasteiger partial charge in [0.1, 0.15) is 5.75 Å². The van der Waals surface area contributed by atoms with E-state index >= 15 is 0 Å². The van der Waals surface area contributed by atoms with Crippen LogP contribution < -0.4 is 10.1 Å². The molecule has 3 nitrogen and oxygen atoms in total. The lowest BCUT2D eigenvalue weighted by Crippen LogP contribution is -2.12. The maximum absolute atomic E-state index is 12.1. The van der Waals surface area contributed by atoms with Crippen LogP contribution in [-0.2, 0) is 0 Å². The monoisotopic (exact) mass is 329 g/mol. The van der Waals surface area contributed by atoms with Gasteiger partial charge in [0, 0.05) is 16.7 Å². The SMILES string of the molecule is COc1cc(NC(=O)c2ccc(Cl)cc2)c(Cl)cc1Cl. The first-order valence-corrected chi connectivity index (χ1v) is 6.74. The highest BCUT2D eigenvalue weighted by Crippen LogP contribution is 2.34. The van der Waals surface area contributed by atoms with E-state index in [-0.39, 0.29) is 5.91 Å². The minimum absolute atomic E-state index is 0.298. The molecular weight excluding hydrogens is 321 g/mol. The van der Waals surface area contributed by atoms with Gasteiger partial charge in [0.05, 0.1) is 22.8 Å². The standard InChI is InChI=1S/C14H10Cl3NO2/c1-20-13-7-12(10(16)6-11(13)17)18-14(19)8-2-4-9(15)5-3-8/h2-7H,1H3,(H,18,19). The number of amides is 1. The van der Waals surface area contributed by atoms with Gasteiger partial charge in [0.25, 0.3) is 5.91 Å². The second-order valence-corrected chi connectivity index (χ2v) is 5.18.